The highest BCUT2D eigenvalue weighted by atomic mass is 35.5. The number of aromatic nitrogens is 1. The molecule has 1 aliphatic rings. The number of halogens is 1. The Labute approximate surface area is 166 Å². The highest BCUT2D eigenvalue weighted by molar-refractivity contribution is 7.15. The van der Waals surface area contributed by atoms with Gasteiger partial charge in [-0.15, -0.1) is 11.3 Å². The summed E-state index contributed by atoms with van der Waals surface area (Å²) in [7, 11) is 0. The first-order chi connectivity index (χ1) is 12.9. The molecule has 3 aromatic rings. The first-order valence-corrected chi connectivity index (χ1v) is 9.92. The summed E-state index contributed by atoms with van der Waals surface area (Å²) in [6.45, 7) is 3.96. The van der Waals surface area contributed by atoms with Gasteiger partial charge in [-0.3, -0.25) is 4.98 Å². The van der Waals surface area contributed by atoms with E-state index in [1.165, 1.54) is 11.3 Å². The van der Waals surface area contributed by atoms with E-state index < -0.39 is 17.1 Å². The van der Waals surface area contributed by atoms with E-state index in [0.717, 1.165) is 26.4 Å². The Morgan fingerprint density at radius 1 is 1.19 bits per heavy atom. The Kier molecular flexibility index (Phi) is 4.41. The average molecular weight is 399 g/mol. The molecule has 4 rings (SSSR count). The summed E-state index contributed by atoms with van der Waals surface area (Å²) >= 11 is 7.57. The van der Waals surface area contributed by atoms with E-state index in [0.29, 0.717) is 11.4 Å². The van der Waals surface area contributed by atoms with Crippen LogP contribution in [0.1, 0.15) is 42.3 Å². The number of benzene rings is 1. The van der Waals surface area contributed by atoms with Crippen LogP contribution >= 0.6 is 22.9 Å². The second-order valence-electron chi connectivity index (χ2n) is 7.55. The number of aliphatic hydroxyl groups is 1. The van der Waals surface area contributed by atoms with E-state index in [1.54, 1.807) is 24.5 Å². The van der Waals surface area contributed by atoms with Gasteiger partial charge in [-0.1, -0.05) is 42.8 Å². The molecule has 0 amide bonds. The van der Waals surface area contributed by atoms with Crippen molar-refractivity contribution in [1.82, 2.24) is 4.98 Å². The molecule has 2 aromatic heterocycles. The quantitative estimate of drug-likeness (QED) is 0.555. The van der Waals surface area contributed by atoms with Gasteiger partial charge in [-0.2, -0.15) is 4.91 Å². The zero-order valence-electron chi connectivity index (χ0n) is 15.0. The smallest absolute Gasteiger partial charge is 0.127 e. The Morgan fingerprint density at radius 2 is 1.85 bits per heavy atom. The van der Waals surface area contributed by atoms with Gasteiger partial charge in [0.15, 0.2) is 0 Å². The van der Waals surface area contributed by atoms with E-state index in [2.05, 4.69) is 10.2 Å². The monoisotopic (exact) mass is 398 g/mol. The second-order valence-corrected chi connectivity index (χ2v) is 9.07. The topological polar surface area (TPSA) is 62.5 Å². The van der Waals surface area contributed by atoms with Crippen molar-refractivity contribution in [3.63, 3.8) is 0 Å². The zero-order valence-corrected chi connectivity index (χ0v) is 16.6. The summed E-state index contributed by atoms with van der Waals surface area (Å²) in [5, 5.41) is 16.0. The van der Waals surface area contributed by atoms with Gasteiger partial charge in [0, 0.05) is 38.1 Å². The summed E-state index contributed by atoms with van der Waals surface area (Å²) in [4.78, 5) is 17.5. The molecular formula is C21H19ClN2O2S. The molecule has 0 radical (unpaired) electrons. The molecule has 0 saturated carbocycles. The minimum Gasteiger partial charge on any atom is -0.380 e. The van der Waals surface area contributed by atoms with Gasteiger partial charge in [0.05, 0.1) is 0 Å². The van der Waals surface area contributed by atoms with Crippen molar-refractivity contribution in [3.05, 3.63) is 80.8 Å². The number of hydrogen-bond donors (Lipinski definition) is 1. The molecule has 1 aliphatic carbocycles. The molecule has 0 saturated heterocycles. The Hall–Kier alpha value is -2.08. The largest absolute Gasteiger partial charge is 0.380 e. The van der Waals surface area contributed by atoms with E-state index in [1.807, 2.05) is 44.2 Å². The van der Waals surface area contributed by atoms with Crippen LogP contribution in [0.5, 0.6) is 0 Å². The molecule has 2 unspecified atom stereocenters. The third-order valence-electron chi connectivity index (χ3n) is 5.49. The highest BCUT2D eigenvalue weighted by Gasteiger charge is 2.54. The summed E-state index contributed by atoms with van der Waals surface area (Å²) in [5.74, 6) is 0. The lowest BCUT2D eigenvalue weighted by molar-refractivity contribution is -0.0538. The van der Waals surface area contributed by atoms with Crippen LogP contribution in [0.3, 0.4) is 0 Å². The molecule has 4 nitrogen and oxygen atoms in total. The zero-order chi connectivity index (χ0) is 19.2. The van der Waals surface area contributed by atoms with Gasteiger partial charge < -0.3 is 5.11 Å². The third-order valence-corrected chi connectivity index (χ3v) is 7.03. The minimum atomic E-state index is -1.24. The van der Waals surface area contributed by atoms with Gasteiger partial charge in [-0.25, -0.2) is 0 Å². The number of pyridine rings is 1. The lowest BCUT2D eigenvalue weighted by Gasteiger charge is -2.48. The third kappa shape index (κ3) is 2.81. The molecule has 138 valence electrons. The fourth-order valence-electron chi connectivity index (χ4n) is 4.00. The number of thiophene rings is 1. The van der Waals surface area contributed by atoms with Crippen molar-refractivity contribution in [1.29, 1.82) is 0 Å². The number of nitrogens with zero attached hydrogens (tertiary/aromatic N) is 2. The fourth-order valence-corrected chi connectivity index (χ4v) is 5.38. The van der Waals surface area contributed by atoms with E-state index in [-0.39, 0.29) is 0 Å². The van der Waals surface area contributed by atoms with Crippen LogP contribution in [-0.2, 0) is 5.60 Å². The van der Waals surface area contributed by atoms with Crippen molar-refractivity contribution in [2.75, 3.05) is 0 Å². The SMILES string of the molecule is CC1(C)CC(N=O)c2sc(-c3ccncc3)cc2C1(O)c1ccc(Cl)cc1. The van der Waals surface area contributed by atoms with Crippen LogP contribution in [0.15, 0.2) is 60.0 Å². The highest BCUT2D eigenvalue weighted by Crippen LogP contribution is 2.58. The van der Waals surface area contributed by atoms with Crippen LogP contribution in [-0.4, -0.2) is 10.1 Å². The van der Waals surface area contributed by atoms with Crippen LogP contribution < -0.4 is 0 Å². The van der Waals surface area contributed by atoms with E-state index >= 15 is 0 Å². The number of nitroso groups, excluding NO2 is 1. The number of fused-ring (bicyclic) bond motifs is 1. The second kappa shape index (κ2) is 6.51. The Bertz CT molecular complexity index is 985. The van der Waals surface area contributed by atoms with Gasteiger partial charge >= 0.3 is 0 Å². The van der Waals surface area contributed by atoms with Gasteiger partial charge in [0.2, 0.25) is 0 Å². The van der Waals surface area contributed by atoms with E-state index in [9.17, 15) is 10.0 Å². The molecule has 2 heterocycles. The molecule has 1 N–H and O–H groups in total. The Morgan fingerprint density at radius 3 is 2.48 bits per heavy atom. The lowest BCUT2D eigenvalue weighted by atomic mass is 9.61. The van der Waals surface area contributed by atoms with Gasteiger partial charge in [0.1, 0.15) is 11.6 Å². The minimum absolute atomic E-state index is 0.469. The molecule has 0 aliphatic heterocycles. The van der Waals surface area contributed by atoms with Crippen molar-refractivity contribution in [2.45, 2.75) is 31.9 Å². The maximum Gasteiger partial charge on any atom is 0.127 e. The first-order valence-electron chi connectivity index (χ1n) is 8.72. The van der Waals surface area contributed by atoms with Crippen molar-refractivity contribution in [2.24, 2.45) is 10.6 Å². The van der Waals surface area contributed by atoms with Crippen molar-refractivity contribution < 1.29 is 5.11 Å². The van der Waals surface area contributed by atoms with E-state index in [4.69, 9.17) is 11.6 Å². The van der Waals surface area contributed by atoms with Crippen molar-refractivity contribution >= 4 is 22.9 Å². The predicted molar refractivity (Wildman–Crippen MR) is 109 cm³/mol. The predicted octanol–water partition coefficient (Wildman–Crippen LogP) is 5.94. The average Bonchev–Trinajstić information content (AvgIpc) is 3.12. The van der Waals surface area contributed by atoms with Crippen LogP contribution in [0.2, 0.25) is 5.02 Å². The summed E-state index contributed by atoms with van der Waals surface area (Å²) in [6, 6.07) is 12.6. The lowest BCUT2D eigenvalue weighted by Crippen LogP contribution is -2.47. The number of rotatable bonds is 3. The molecule has 0 spiro atoms. The first kappa shape index (κ1) is 18.3. The van der Waals surface area contributed by atoms with Crippen molar-refractivity contribution in [3.8, 4) is 10.4 Å². The summed E-state index contributed by atoms with van der Waals surface area (Å²) < 4.78 is 0. The standard InChI is InChI=1S/C21H19ClN2O2S/c1-20(2)12-17(24-26)19-16(11-18(27-19)13-7-9-23-10-8-13)21(20,25)14-3-5-15(22)6-4-14/h3-11,17,25H,12H2,1-2H3. The molecule has 0 fully saturated rings. The molecular weight excluding hydrogens is 380 g/mol. The maximum absolute atomic E-state index is 12.0. The van der Waals surface area contributed by atoms with Gasteiger partial charge in [0.25, 0.3) is 0 Å². The van der Waals surface area contributed by atoms with Crippen LogP contribution in [0.4, 0.5) is 0 Å². The van der Waals surface area contributed by atoms with Crippen LogP contribution in [0, 0.1) is 10.3 Å². The van der Waals surface area contributed by atoms with Crippen LogP contribution in [0.25, 0.3) is 10.4 Å². The summed E-state index contributed by atoms with van der Waals surface area (Å²) in [6.07, 6.45) is 3.94. The number of hydrogen-bond acceptors (Lipinski definition) is 5. The fraction of sp³-hybridized carbons (Fsp3) is 0.286. The Balaban J connectivity index is 1.96. The maximum atomic E-state index is 12.0. The normalized spacial score (nSPS) is 23.6. The molecule has 2 atom stereocenters. The molecule has 27 heavy (non-hydrogen) atoms. The molecule has 1 aromatic carbocycles. The molecule has 0 bridgehead atoms. The summed E-state index contributed by atoms with van der Waals surface area (Å²) in [5.41, 5.74) is 0.702. The molecule has 6 heteroatoms. The van der Waals surface area contributed by atoms with Gasteiger partial charge in [-0.05, 0) is 47.9 Å².